The molecule has 138 valence electrons. The maximum Gasteiger partial charge on any atom is 0.180 e. The number of thioether (sulfide) groups is 2. The summed E-state index contributed by atoms with van der Waals surface area (Å²) in [6, 6.07) is 18.5. The van der Waals surface area contributed by atoms with E-state index in [4.69, 9.17) is 5.73 Å². The average Bonchev–Trinajstić information content (AvgIpc) is 2.68. The Labute approximate surface area is 165 Å². The maximum absolute atomic E-state index is 5.94. The molecule has 0 saturated carbocycles. The van der Waals surface area contributed by atoms with Crippen molar-refractivity contribution in [3.63, 3.8) is 0 Å². The zero-order valence-corrected chi connectivity index (χ0v) is 16.9. The third-order valence-electron chi connectivity index (χ3n) is 3.76. The molecule has 0 saturated heterocycles. The molecule has 0 heterocycles. The fraction of sp³-hybridized carbons (Fsp3) is 0.333. The number of hydrogen-bond donors (Lipinski definition) is 1. The van der Waals surface area contributed by atoms with Crippen molar-refractivity contribution in [1.29, 1.82) is 0 Å². The van der Waals surface area contributed by atoms with Crippen molar-refractivity contribution < 1.29 is 0 Å². The van der Waals surface area contributed by atoms with Crippen LogP contribution < -0.4 is 5.73 Å². The third kappa shape index (κ3) is 8.11. The third-order valence-corrected chi connectivity index (χ3v) is 5.79. The lowest BCUT2D eigenvalue weighted by Crippen LogP contribution is -2.06. The molecule has 0 aliphatic carbocycles. The second-order valence-electron chi connectivity index (χ2n) is 5.90. The topological polar surface area (TPSA) is 50.7 Å². The van der Waals surface area contributed by atoms with Gasteiger partial charge in [-0.25, -0.2) is 0 Å². The van der Waals surface area contributed by atoms with Gasteiger partial charge in [0.25, 0.3) is 0 Å². The molecule has 2 aromatic carbocycles. The number of unbranched alkanes of at least 4 members (excludes halogenated alkanes) is 3. The fourth-order valence-electron chi connectivity index (χ4n) is 2.34. The van der Waals surface area contributed by atoms with E-state index in [9.17, 15) is 0 Å². The lowest BCUT2D eigenvalue weighted by molar-refractivity contribution is 0.706. The Morgan fingerprint density at radius 1 is 1.00 bits per heavy atom. The quantitative estimate of drug-likeness (QED) is 0.181. The predicted molar refractivity (Wildman–Crippen MR) is 118 cm³/mol. The van der Waals surface area contributed by atoms with Gasteiger partial charge < -0.3 is 5.73 Å². The summed E-state index contributed by atoms with van der Waals surface area (Å²) in [5.41, 5.74) is 8.27. The van der Waals surface area contributed by atoms with Gasteiger partial charge in [-0.05, 0) is 23.8 Å². The van der Waals surface area contributed by atoms with E-state index in [0.29, 0.717) is 5.17 Å². The first kappa shape index (κ1) is 20.6. The number of rotatable bonds is 10. The Balaban J connectivity index is 1.84. The second-order valence-corrected chi connectivity index (χ2v) is 8.04. The van der Waals surface area contributed by atoms with E-state index in [1.165, 1.54) is 47.9 Å². The van der Waals surface area contributed by atoms with Crippen molar-refractivity contribution in [2.45, 2.75) is 43.3 Å². The van der Waals surface area contributed by atoms with Crippen LogP contribution in [-0.2, 0) is 5.75 Å². The Morgan fingerprint density at radius 2 is 1.77 bits per heavy atom. The molecule has 0 amide bonds. The van der Waals surface area contributed by atoms with Crippen molar-refractivity contribution in [2.75, 3.05) is 5.75 Å². The molecule has 0 unspecified atom stereocenters. The Kier molecular flexibility index (Phi) is 9.98. The van der Waals surface area contributed by atoms with Crippen LogP contribution in [0, 0.1) is 0 Å². The molecule has 2 aromatic rings. The molecule has 5 heteroatoms. The van der Waals surface area contributed by atoms with E-state index in [1.54, 1.807) is 6.21 Å². The molecule has 0 bridgehead atoms. The molecule has 0 aromatic heterocycles. The molecule has 0 atom stereocenters. The largest absolute Gasteiger partial charge is 0.377 e. The van der Waals surface area contributed by atoms with Crippen molar-refractivity contribution >= 4 is 34.9 Å². The van der Waals surface area contributed by atoms with Gasteiger partial charge in [-0.2, -0.15) is 5.10 Å². The maximum atomic E-state index is 5.94. The minimum absolute atomic E-state index is 0.481. The monoisotopic (exact) mass is 385 g/mol. The van der Waals surface area contributed by atoms with Crippen molar-refractivity contribution in [1.82, 2.24) is 0 Å². The summed E-state index contributed by atoms with van der Waals surface area (Å²) in [5.74, 6) is 1.94. The van der Waals surface area contributed by atoms with E-state index in [2.05, 4.69) is 47.5 Å². The standard InChI is InChI=1S/C21H27N3S2/c1-2-3-4-10-15-25-20-14-9-8-13-19(20)16-23-24-21(22)26-17-18-11-6-5-7-12-18/h5-9,11-14,16H,2-4,10,15,17H2,1H3,(H2,22,24). The number of benzene rings is 2. The zero-order chi connectivity index (χ0) is 18.5. The van der Waals surface area contributed by atoms with Crippen molar-refractivity contribution in [3.05, 3.63) is 65.7 Å². The van der Waals surface area contributed by atoms with Crippen LogP contribution in [0.25, 0.3) is 0 Å². The Morgan fingerprint density at radius 3 is 2.58 bits per heavy atom. The minimum atomic E-state index is 0.481. The highest BCUT2D eigenvalue weighted by atomic mass is 32.2. The van der Waals surface area contributed by atoms with Crippen LogP contribution in [0.1, 0.15) is 43.7 Å². The molecule has 0 radical (unpaired) electrons. The zero-order valence-electron chi connectivity index (χ0n) is 15.3. The average molecular weight is 386 g/mol. The number of hydrogen-bond acceptors (Lipinski definition) is 4. The Bertz CT molecular complexity index is 699. The van der Waals surface area contributed by atoms with Gasteiger partial charge in [0.2, 0.25) is 0 Å². The van der Waals surface area contributed by atoms with E-state index in [-0.39, 0.29) is 0 Å². The first-order chi connectivity index (χ1) is 12.8. The van der Waals surface area contributed by atoms with Gasteiger partial charge in [-0.3, -0.25) is 0 Å². The molecule has 0 fully saturated rings. The molecular formula is C21H27N3S2. The first-order valence-electron chi connectivity index (χ1n) is 9.04. The van der Waals surface area contributed by atoms with Gasteiger partial charge in [0.15, 0.2) is 5.17 Å². The molecule has 2 N–H and O–H groups in total. The van der Waals surface area contributed by atoms with Gasteiger partial charge >= 0.3 is 0 Å². The number of nitrogens with two attached hydrogens (primary N) is 1. The van der Waals surface area contributed by atoms with Crippen LogP contribution in [0.3, 0.4) is 0 Å². The molecule has 3 nitrogen and oxygen atoms in total. The van der Waals surface area contributed by atoms with Crippen LogP contribution >= 0.6 is 23.5 Å². The molecular weight excluding hydrogens is 358 g/mol. The summed E-state index contributed by atoms with van der Waals surface area (Å²) in [7, 11) is 0. The number of amidine groups is 1. The molecule has 0 aliphatic heterocycles. The summed E-state index contributed by atoms with van der Waals surface area (Å²) in [6.07, 6.45) is 6.95. The Hall–Kier alpha value is -1.72. The highest BCUT2D eigenvalue weighted by Crippen LogP contribution is 2.23. The molecule has 26 heavy (non-hydrogen) atoms. The molecule has 2 rings (SSSR count). The van der Waals surface area contributed by atoms with Crippen LogP contribution in [0.5, 0.6) is 0 Å². The van der Waals surface area contributed by atoms with Crippen LogP contribution in [-0.4, -0.2) is 17.1 Å². The lowest BCUT2D eigenvalue weighted by Gasteiger charge is -2.05. The SMILES string of the molecule is CCCCCCSc1ccccc1C=NN=C(N)SCc1ccccc1. The van der Waals surface area contributed by atoms with Gasteiger partial charge in [0, 0.05) is 16.2 Å². The summed E-state index contributed by atoms with van der Waals surface area (Å²) in [6.45, 7) is 2.24. The summed E-state index contributed by atoms with van der Waals surface area (Å²) in [4.78, 5) is 1.25. The van der Waals surface area contributed by atoms with E-state index in [1.807, 2.05) is 36.0 Å². The second kappa shape index (κ2) is 12.6. The molecule has 0 aliphatic rings. The molecule has 0 spiro atoms. The van der Waals surface area contributed by atoms with E-state index >= 15 is 0 Å². The van der Waals surface area contributed by atoms with Gasteiger partial charge in [0.05, 0.1) is 6.21 Å². The summed E-state index contributed by atoms with van der Waals surface area (Å²) >= 11 is 3.39. The normalized spacial score (nSPS) is 12.0. The highest BCUT2D eigenvalue weighted by Gasteiger charge is 2.00. The summed E-state index contributed by atoms with van der Waals surface area (Å²) < 4.78 is 0. The smallest absolute Gasteiger partial charge is 0.180 e. The van der Waals surface area contributed by atoms with Crippen LogP contribution in [0.2, 0.25) is 0 Å². The highest BCUT2D eigenvalue weighted by molar-refractivity contribution is 8.13. The van der Waals surface area contributed by atoms with Crippen LogP contribution in [0.15, 0.2) is 69.7 Å². The predicted octanol–water partition coefficient (Wildman–Crippen LogP) is 5.94. The van der Waals surface area contributed by atoms with Crippen LogP contribution in [0.4, 0.5) is 0 Å². The fourth-order valence-corrected chi connectivity index (χ4v) is 3.98. The number of nitrogens with zero attached hydrogens (tertiary/aromatic N) is 2. The van der Waals surface area contributed by atoms with Crippen molar-refractivity contribution in [2.24, 2.45) is 15.9 Å². The minimum Gasteiger partial charge on any atom is -0.377 e. The van der Waals surface area contributed by atoms with Gasteiger partial charge in [-0.1, -0.05) is 86.5 Å². The van der Waals surface area contributed by atoms with E-state index < -0.39 is 0 Å². The summed E-state index contributed by atoms with van der Waals surface area (Å²) in [5, 5.41) is 8.77. The lowest BCUT2D eigenvalue weighted by atomic mass is 10.2. The van der Waals surface area contributed by atoms with E-state index in [0.717, 1.165) is 17.1 Å². The van der Waals surface area contributed by atoms with Gasteiger partial charge in [-0.15, -0.1) is 16.9 Å². The first-order valence-corrected chi connectivity index (χ1v) is 11.0. The van der Waals surface area contributed by atoms with Gasteiger partial charge in [0.1, 0.15) is 0 Å². The van der Waals surface area contributed by atoms with Crippen molar-refractivity contribution in [3.8, 4) is 0 Å².